The predicted molar refractivity (Wildman–Crippen MR) is 86.3 cm³/mol. The quantitative estimate of drug-likeness (QED) is 0.818. The van der Waals surface area contributed by atoms with Gasteiger partial charge in [0.25, 0.3) is 0 Å². The molecule has 0 fully saturated rings. The molecule has 0 radical (unpaired) electrons. The first-order chi connectivity index (χ1) is 10.1. The summed E-state index contributed by atoms with van der Waals surface area (Å²) < 4.78 is 9.34. The van der Waals surface area contributed by atoms with Crippen LogP contribution in [0.2, 0.25) is 0 Å². The molecule has 2 heterocycles. The van der Waals surface area contributed by atoms with Gasteiger partial charge in [-0.05, 0) is 38.7 Å². The van der Waals surface area contributed by atoms with Crippen LogP contribution in [0, 0.1) is 6.92 Å². The van der Waals surface area contributed by atoms with E-state index in [1.807, 2.05) is 20.0 Å². The van der Waals surface area contributed by atoms with Gasteiger partial charge in [-0.25, -0.2) is 9.78 Å². The van der Waals surface area contributed by atoms with E-state index in [2.05, 4.69) is 21.6 Å². The Balaban J connectivity index is 2.17. The highest BCUT2D eigenvalue weighted by atomic mass is 32.1. The molecule has 5 nitrogen and oxygen atoms in total. The number of carbonyl (C=O) groups excluding carboxylic acids is 1. The molecule has 0 aliphatic heterocycles. The molecule has 0 bridgehead atoms. The summed E-state index contributed by atoms with van der Waals surface area (Å²) >= 11 is 2.97. The van der Waals surface area contributed by atoms with Crippen LogP contribution in [0.25, 0.3) is 0 Å². The van der Waals surface area contributed by atoms with E-state index in [1.165, 1.54) is 16.4 Å². The van der Waals surface area contributed by atoms with Crippen molar-refractivity contribution in [2.45, 2.75) is 40.2 Å². The van der Waals surface area contributed by atoms with Gasteiger partial charge >= 0.3 is 5.97 Å². The summed E-state index contributed by atoms with van der Waals surface area (Å²) in [7, 11) is 0. The molecule has 0 spiro atoms. The molecule has 0 aliphatic carbocycles. The molecule has 0 aliphatic rings. The van der Waals surface area contributed by atoms with Gasteiger partial charge < -0.3 is 10.1 Å². The van der Waals surface area contributed by atoms with E-state index in [4.69, 9.17) is 4.74 Å². The van der Waals surface area contributed by atoms with E-state index < -0.39 is 0 Å². The minimum atomic E-state index is -0.327. The monoisotopic (exact) mass is 325 g/mol. The summed E-state index contributed by atoms with van der Waals surface area (Å²) in [5, 5.41) is 5.08. The number of esters is 1. The Labute approximate surface area is 132 Å². The second-order valence-electron chi connectivity index (χ2n) is 4.58. The third-order valence-corrected chi connectivity index (χ3v) is 5.17. The molecule has 2 aromatic rings. The van der Waals surface area contributed by atoms with Crippen molar-refractivity contribution in [1.82, 2.24) is 9.36 Å². The molecule has 0 saturated carbocycles. The molecule has 1 atom stereocenters. The molecule has 7 heteroatoms. The van der Waals surface area contributed by atoms with Gasteiger partial charge in [-0.3, -0.25) is 0 Å². The van der Waals surface area contributed by atoms with Crippen LogP contribution in [0.4, 0.5) is 5.00 Å². The van der Waals surface area contributed by atoms with E-state index in [-0.39, 0.29) is 12.0 Å². The number of hydrogen-bond acceptors (Lipinski definition) is 7. The second-order valence-corrected chi connectivity index (χ2v) is 6.50. The van der Waals surface area contributed by atoms with E-state index in [9.17, 15) is 4.79 Å². The summed E-state index contributed by atoms with van der Waals surface area (Å²) in [4.78, 5) is 17.7. The number of nitrogens with one attached hydrogen (secondary N) is 1. The predicted octanol–water partition coefficient (Wildman–Crippen LogP) is 3.82. The Hall–Kier alpha value is -1.47. The van der Waals surface area contributed by atoms with Crippen molar-refractivity contribution in [2.75, 3.05) is 11.9 Å². The Morgan fingerprint density at radius 1 is 1.48 bits per heavy atom. The Kier molecular flexibility index (Phi) is 5.30. The number of nitrogens with zero attached hydrogens (tertiary/aromatic N) is 2. The fourth-order valence-electron chi connectivity index (χ4n) is 1.86. The summed E-state index contributed by atoms with van der Waals surface area (Å²) in [6.45, 7) is 8.11. The molecule has 0 saturated heterocycles. The number of hydrogen-bond donors (Lipinski definition) is 1. The molecular formula is C14H19N3O2S2. The number of aryl methyl sites for hydroxylation is 2. The minimum absolute atomic E-state index is 0.0309. The third kappa shape index (κ3) is 3.59. The first-order valence-electron chi connectivity index (χ1n) is 6.91. The van der Waals surface area contributed by atoms with Crippen molar-refractivity contribution in [2.24, 2.45) is 0 Å². The molecule has 114 valence electrons. The normalized spacial score (nSPS) is 12.2. The standard InChI is InChI=1S/C14H19N3O2S2/c1-5-10-7-15-12(20-10)9(4)16-13-11(8(3)17-21-13)14(18)19-6-2/h7,9,16H,5-6H2,1-4H3. The molecule has 21 heavy (non-hydrogen) atoms. The molecule has 1 N–H and O–H groups in total. The van der Waals surface area contributed by atoms with E-state index >= 15 is 0 Å². The van der Waals surface area contributed by atoms with E-state index in [0.29, 0.717) is 17.9 Å². The highest BCUT2D eigenvalue weighted by Gasteiger charge is 2.21. The average molecular weight is 325 g/mol. The lowest BCUT2D eigenvalue weighted by atomic mass is 10.2. The van der Waals surface area contributed by atoms with Crippen molar-refractivity contribution < 1.29 is 9.53 Å². The first kappa shape index (κ1) is 15.9. The third-order valence-electron chi connectivity index (χ3n) is 2.98. The van der Waals surface area contributed by atoms with Gasteiger partial charge in [-0.1, -0.05) is 6.92 Å². The van der Waals surface area contributed by atoms with Gasteiger partial charge in [-0.15, -0.1) is 11.3 Å². The Morgan fingerprint density at radius 2 is 2.24 bits per heavy atom. The fourth-order valence-corrected chi connectivity index (χ4v) is 3.59. The van der Waals surface area contributed by atoms with Crippen molar-refractivity contribution in [3.8, 4) is 0 Å². The number of thiazole rings is 1. The first-order valence-corrected chi connectivity index (χ1v) is 8.50. The topological polar surface area (TPSA) is 64.1 Å². The zero-order chi connectivity index (χ0) is 15.4. The molecule has 0 amide bonds. The van der Waals surface area contributed by atoms with Crippen molar-refractivity contribution >= 4 is 33.8 Å². The van der Waals surface area contributed by atoms with Crippen molar-refractivity contribution in [3.63, 3.8) is 0 Å². The minimum Gasteiger partial charge on any atom is -0.462 e. The maximum Gasteiger partial charge on any atom is 0.343 e. The Bertz CT molecular complexity index is 622. The van der Waals surface area contributed by atoms with Crippen molar-refractivity contribution in [1.29, 1.82) is 0 Å². The maximum absolute atomic E-state index is 12.0. The van der Waals surface area contributed by atoms with E-state index in [1.54, 1.807) is 18.3 Å². The number of aromatic nitrogens is 2. The summed E-state index contributed by atoms with van der Waals surface area (Å²) in [6.07, 6.45) is 2.89. The number of ether oxygens (including phenoxy) is 1. The highest BCUT2D eigenvalue weighted by Crippen LogP contribution is 2.30. The van der Waals surface area contributed by atoms with Gasteiger partial charge in [0.05, 0.1) is 18.3 Å². The zero-order valence-electron chi connectivity index (χ0n) is 12.6. The number of rotatable bonds is 6. The lowest BCUT2D eigenvalue weighted by Gasteiger charge is -2.12. The van der Waals surface area contributed by atoms with Crippen LogP contribution in [-0.2, 0) is 11.2 Å². The molecule has 2 aromatic heterocycles. The van der Waals surface area contributed by atoms with Gasteiger partial charge in [0.2, 0.25) is 0 Å². The van der Waals surface area contributed by atoms with Crippen molar-refractivity contribution in [3.05, 3.63) is 27.3 Å². The summed E-state index contributed by atoms with van der Waals surface area (Å²) in [5.74, 6) is -0.327. The van der Waals surface area contributed by atoms with Crippen LogP contribution in [0.1, 0.15) is 52.7 Å². The zero-order valence-corrected chi connectivity index (χ0v) is 14.2. The second kappa shape index (κ2) is 7.00. The van der Waals surface area contributed by atoms with Gasteiger partial charge in [0.15, 0.2) is 0 Å². The molecule has 2 rings (SSSR count). The molecular weight excluding hydrogens is 306 g/mol. The molecule has 1 unspecified atom stereocenters. The van der Waals surface area contributed by atoms with Gasteiger partial charge in [0.1, 0.15) is 15.6 Å². The Morgan fingerprint density at radius 3 is 2.86 bits per heavy atom. The SMILES string of the molecule is CCOC(=O)c1c(C)nsc1NC(C)c1ncc(CC)s1. The van der Waals surface area contributed by atoms with Crippen LogP contribution < -0.4 is 5.32 Å². The lowest BCUT2D eigenvalue weighted by Crippen LogP contribution is -2.11. The lowest BCUT2D eigenvalue weighted by molar-refractivity contribution is 0.0527. The number of anilines is 1. The summed E-state index contributed by atoms with van der Waals surface area (Å²) in [5.41, 5.74) is 1.22. The van der Waals surface area contributed by atoms with Gasteiger partial charge in [0, 0.05) is 11.1 Å². The van der Waals surface area contributed by atoms with Crippen LogP contribution in [0.5, 0.6) is 0 Å². The van der Waals surface area contributed by atoms with Crippen LogP contribution in [0.3, 0.4) is 0 Å². The largest absolute Gasteiger partial charge is 0.462 e. The van der Waals surface area contributed by atoms with Crippen LogP contribution in [0.15, 0.2) is 6.20 Å². The fraction of sp³-hybridized carbons (Fsp3) is 0.500. The van der Waals surface area contributed by atoms with Gasteiger partial charge in [-0.2, -0.15) is 4.37 Å². The average Bonchev–Trinajstić information content (AvgIpc) is 3.06. The van der Waals surface area contributed by atoms with E-state index in [0.717, 1.165) is 16.4 Å². The highest BCUT2D eigenvalue weighted by molar-refractivity contribution is 7.12. The number of carbonyl (C=O) groups is 1. The maximum atomic E-state index is 12.0. The summed E-state index contributed by atoms with van der Waals surface area (Å²) in [6, 6.07) is 0.0309. The van der Waals surface area contributed by atoms with Crippen LogP contribution in [-0.4, -0.2) is 21.9 Å². The smallest absolute Gasteiger partial charge is 0.343 e. The molecule has 0 aromatic carbocycles. The van der Waals surface area contributed by atoms with Crippen LogP contribution >= 0.6 is 22.9 Å².